The average molecular weight is 390 g/mol. The second-order valence-electron chi connectivity index (χ2n) is 5.88. The number of halogens is 1. The third kappa shape index (κ3) is 3.11. The van der Waals surface area contributed by atoms with Crippen molar-refractivity contribution < 1.29 is 4.79 Å². The van der Waals surface area contributed by atoms with Crippen molar-refractivity contribution >= 4 is 34.4 Å². The van der Waals surface area contributed by atoms with Gasteiger partial charge in [0.15, 0.2) is 11.5 Å². The van der Waals surface area contributed by atoms with Crippen molar-refractivity contribution in [2.24, 2.45) is 5.73 Å². The van der Waals surface area contributed by atoms with Gasteiger partial charge in [0.2, 0.25) is 0 Å². The Labute approximate surface area is 164 Å². The second-order valence-corrected chi connectivity index (χ2v) is 6.28. The molecule has 0 saturated carbocycles. The predicted octanol–water partition coefficient (Wildman–Crippen LogP) is 3.70. The van der Waals surface area contributed by atoms with Crippen LogP contribution in [-0.2, 0) is 0 Å². The Balaban J connectivity index is 2.01. The number of rotatable bonds is 3. The number of nitrogens with two attached hydrogens (primary N) is 1. The van der Waals surface area contributed by atoms with Crippen LogP contribution in [0.15, 0.2) is 48.7 Å². The smallest absolute Gasteiger partial charge is 0.317 e. The summed E-state index contributed by atoms with van der Waals surface area (Å²) in [5, 5.41) is 19.9. The van der Waals surface area contributed by atoms with Crippen molar-refractivity contribution in [3.05, 3.63) is 59.4 Å². The van der Waals surface area contributed by atoms with E-state index in [2.05, 4.69) is 25.5 Å². The Morgan fingerprint density at radius 3 is 2.61 bits per heavy atom. The van der Waals surface area contributed by atoms with Crippen molar-refractivity contribution in [1.29, 1.82) is 5.26 Å². The zero-order chi connectivity index (χ0) is 19.7. The molecular weight excluding hydrogens is 378 g/mol. The molecule has 0 aliphatic rings. The summed E-state index contributed by atoms with van der Waals surface area (Å²) in [5.74, 6) is -0.00640. The van der Waals surface area contributed by atoms with Crippen molar-refractivity contribution in [3.8, 4) is 28.6 Å². The van der Waals surface area contributed by atoms with E-state index >= 15 is 0 Å². The number of nitriles is 1. The monoisotopic (exact) mass is 389 g/mol. The van der Waals surface area contributed by atoms with Crippen molar-refractivity contribution in [2.45, 2.75) is 0 Å². The number of carbonyl (C=O) groups excluding carboxylic acids is 1. The van der Waals surface area contributed by atoms with E-state index < -0.39 is 6.03 Å². The zero-order valence-electron chi connectivity index (χ0n) is 14.3. The van der Waals surface area contributed by atoms with Crippen LogP contribution in [0.3, 0.4) is 0 Å². The Hall–Kier alpha value is -3.96. The molecule has 8 nitrogen and oxygen atoms in total. The molecule has 2 amide bonds. The molecule has 0 aliphatic carbocycles. The van der Waals surface area contributed by atoms with Gasteiger partial charge in [0, 0.05) is 16.5 Å². The van der Waals surface area contributed by atoms with Gasteiger partial charge in [-0.3, -0.25) is 10.4 Å². The van der Waals surface area contributed by atoms with Gasteiger partial charge in [-0.25, -0.2) is 14.8 Å². The number of H-pyrrole nitrogens is 1. The normalized spacial score (nSPS) is 10.6. The highest BCUT2D eigenvalue weighted by Crippen LogP contribution is 2.35. The summed E-state index contributed by atoms with van der Waals surface area (Å²) in [7, 11) is 0. The lowest BCUT2D eigenvalue weighted by molar-refractivity contribution is 0.259. The number of carbonyl (C=O) groups is 1. The van der Waals surface area contributed by atoms with Crippen molar-refractivity contribution in [1.82, 2.24) is 20.2 Å². The van der Waals surface area contributed by atoms with Gasteiger partial charge in [-0.05, 0) is 12.1 Å². The fourth-order valence-corrected chi connectivity index (χ4v) is 3.14. The number of benzene rings is 2. The molecule has 0 fully saturated rings. The van der Waals surface area contributed by atoms with Crippen LogP contribution in [0.25, 0.3) is 33.4 Å². The molecule has 0 radical (unpaired) electrons. The molecule has 0 atom stereocenters. The molecule has 0 spiro atoms. The van der Waals surface area contributed by atoms with Gasteiger partial charge in [0.25, 0.3) is 0 Å². The van der Waals surface area contributed by atoms with Gasteiger partial charge >= 0.3 is 6.03 Å². The van der Waals surface area contributed by atoms with Crippen LogP contribution >= 0.6 is 11.6 Å². The SMILES string of the molecule is N#Cc1nc(-c2cc(Cl)c3[nH]ncc3c2)c(-c2ccccc2)nc1NC(N)=O. The van der Waals surface area contributed by atoms with Crippen LogP contribution in [0.4, 0.5) is 10.6 Å². The number of fused-ring (bicyclic) bond motifs is 1. The minimum Gasteiger partial charge on any atom is -0.351 e. The molecule has 2 aromatic heterocycles. The molecule has 9 heteroatoms. The quantitative estimate of drug-likeness (QED) is 0.491. The molecule has 4 rings (SSSR count). The number of urea groups is 1. The molecule has 0 saturated heterocycles. The zero-order valence-corrected chi connectivity index (χ0v) is 15.0. The summed E-state index contributed by atoms with van der Waals surface area (Å²) in [6.45, 7) is 0. The molecular formula is C19H12ClN7O. The van der Waals surface area contributed by atoms with Gasteiger partial charge in [0.1, 0.15) is 6.07 Å². The van der Waals surface area contributed by atoms with Crippen LogP contribution < -0.4 is 11.1 Å². The highest BCUT2D eigenvalue weighted by molar-refractivity contribution is 6.35. The topological polar surface area (TPSA) is 133 Å². The Kier molecular flexibility index (Phi) is 4.35. The first-order chi connectivity index (χ1) is 13.6. The van der Waals surface area contributed by atoms with E-state index in [4.69, 9.17) is 17.3 Å². The molecule has 2 heterocycles. The van der Waals surface area contributed by atoms with E-state index in [1.54, 1.807) is 12.3 Å². The average Bonchev–Trinajstić information content (AvgIpc) is 3.17. The Morgan fingerprint density at radius 2 is 1.89 bits per heavy atom. The predicted molar refractivity (Wildman–Crippen MR) is 105 cm³/mol. The van der Waals surface area contributed by atoms with Crippen LogP contribution in [0, 0.1) is 11.3 Å². The number of anilines is 1. The number of hydrogen-bond acceptors (Lipinski definition) is 5. The van der Waals surface area contributed by atoms with E-state index in [0.717, 1.165) is 10.9 Å². The van der Waals surface area contributed by atoms with Crippen LogP contribution in [0.2, 0.25) is 5.02 Å². The summed E-state index contributed by atoms with van der Waals surface area (Å²) in [6, 6.07) is 14.0. The molecule has 2 aromatic carbocycles. The maximum absolute atomic E-state index is 11.3. The van der Waals surface area contributed by atoms with Crippen LogP contribution in [-0.4, -0.2) is 26.2 Å². The van der Waals surface area contributed by atoms with E-state index in [-0.39, 0.29) is 11.5 Å². The molecule has 0 unspecified atom stereocenters. The summed E-state index contributed by atoms with van der Waals surface area (Å²) < 4.78 is 0. The molecule has 0 bridgehead atoms. The maximum atomic E-state index is 11.3. The summed E-state index contributed by atoms with van der Waals surface area (Å²) in [4.78, 5) is 20.2. The summed E-state index contributed by atoms with van der Waals surface area (Å²) >= 11 is 6.37. The van der Waals surface area contributed by atoms with Gasteiger partial charge in [-0.1, -0.05) is 41.9 Å². The minimum absolute atomic E-state index is 0.00640. The fourth-order valence-electron chi connectivity index (χ4n) is 2.87. The lowest BCUT2D eigenvalue weighted by atomic mass is 10.0. The molecule has 4 aromatic rings. The van der Waals surface area contributed by atoms with E-state index in [9.17, 15) is 10.1 Å². The van der Waals surface area contributed by atoms with Crippen LogP contribution in [0.5, 0.6) is 0 Å². The van der Waals surface area contributed by atoms with E-state index in [0.29, 0.717) is 27.5 Å². The number of nitrogens with one attached hydrogen (secondary N) is 2. The largest absolute Gasteiger partial charge is 0.351 e. The standard InChI is InChI=1S/C19H12ClN7O/c20-13-7-11(6-12-9-23-27-15(12)13)17-16(10-4-2-1-3-5-10)25-18(26-19(22)28)14(8-21)24-17/h1-7,9H,(H,23,27)(H3,22,25,26,28). The van der Waals surface area contributed by atoms with E-state index in [1.807, 2.05) is 42.5 Å². The number of hydrogen-bond donors (Lipinski definition) is 3. The second kappa shape index (κ2) is 6.98. The van der Waals surface area contributed by atoms with Gasteiger partial charge in [-0.15, -0.1) is 0 Å². The summed E-state index contributed by atoms with van der Waals surface area (Å²) in [5.41, 5.74) is 8.18. The third-order valence-electron chi connectivity index (χ3n) is 4.06. The minimum atomic E-state index is -0.833. The number of primary amides is 1. The highest BCUT2D eigenvalue weighted by Gasteiger charge is 2.19. The first-order valence-electron chi connectivity index (χ1n) is 8.14. The molecule has 4 N–H and O–H groups in total. The first kappa shape index (κ1) is 17.5. The molecule has 0 aliphatic heterocycles. The number of amides is 2. The number of aromatic nitrogens is 4. The fraction of sp³-hybridized carbons (Fsp3) is 0. The number of aromatic amines is 1. The molecule has 136 valence electrons. The molecule has 28 heavy (non-hydrogen) atoms. The Morgan fingerprint density at radius 1 is 1.14 bits per heavy atom. The Bertz CT molecular complexity index is 1240. The number of nitrogens with zero attached hydrogens (tertiary/aromatic N) is 4. The van der Waals surface area contributed by atoms with Crippen molar-refractivity contribution in [3.63, 3.8) is 0 Å². The first-order valence-corrected chi connectivity index (χ1v) is 8.51. The van der Waals surface area contributed by atoms with Crippen LogP contribution in [0.1, 0.15) is 5.69 Å². The lowest BCUT2D eigenvalue weighted by Gasteiger charge is -2.13. The van der Waals surface area contributed by atoms with Crippen molar-refractivity contribution in [2.75, 3.05) is 5.32 Å². The van der Waals surface area contributed by atoms with Gasteiger partial charge in [0.05, 0.1) is 28.1 Å². The highest BCUT2D eigenvalue weighted by atomic mass is 35.5. The van der Waals surface area contributed by atoms with Gasteiger partial charge in [-0.2, -0.15) is 10.4 Å². The summed E-state index contributed by atoms with van der Waals surface area (Å²) in [6.07, 6.45) is 1.65. The third-order valence-corrected chi connectivity index (χ3v) is 4.36. The van der Waals surface area contributed by atoms with E-state index in [1.165, 1.54) is 0 Å². The van der Waals surface area contributed by atoms with Gasteiger partial charge < -0.3 is 5.73 Å². The maximum Gasteiger partial charge on any atom is 0.317 e. The lowest BCUT2D eigenvalue weighted by Crippen LogP contribution is -2.21.